The molecule has 1 aliphatic heterocycles. The van der Waals surface area contributed by atoms with Gasteiger partial charge in [0.05, 0.1) is 16.6 Å². The first kappa shape index (κ1) is 18.8. The average Bonchev–Trinajstić information content (AvgIpc) is 3.45. The smallest absolute Gasteiger partial charge is 0.259 e. The summed E-state index contributed by atoms with van der Waals surface area (Å²) in [5, 5.41) is 1.02. The second-order valence-electron chi connectivity index (χ2n) is 8.35. The fraction of sp³-hybridized carbons (Fsp3) is 0.208. The van der Waals surface area contributed by atoms with E-state index in [9.17, 15) is 4.79 Å². The minimum Gasteiger partial charge on any atom is -0.369 e. The van der Waals surface area contributed by atoms with Crippen molar-refractivity contribution in [3.63, 3.8) is 0 Å². The van der Waals surface area contributed by atoms with Crippen LogP contribution in [0.2, 0.25) is 0 Å². The van der Waals surface area contributed by atoms with E-state index in [1.807, 2.05) is 24.4 Å². The van der Waals surface area contributed by atoms with Crippen LogP contribution in [0.15, 0.2) is 59.8 Å². The van der Waals surface area contributed by atoms with Crippen LogP contribution in [0.1, 0.15) is 0 Å². The molecule has 0 bridgehead atoms. The number of rotatable bonds is 3. The Morgan fingerprint density at radius 1 is 0.969 bits per heavy atom. The van der Waals surface area contributed by atoms with Gasteiger partial charge in [0, 0.05) is 67.0 Å². The molecule has 0 amide bonds. The molecule has 0 aliphatic carbocycles. The van der Waals surface area contributed by atoms with Crippen LogP contribution in [0.5, 0.6) is 0 Å². The number of anilines is 1. The van der Waals surface area contributed by atoms with E-state index in [0.29, 0.717) is 11.4 Å². The standard InChI is InChI=1S/C24H23N7O/c1-30-6-8-31(9-7-30)18-2-3-20-21(12-18)29-23(28-20)19-11-17(14-27-24(19)32)16-10-15-4-5-25-22(15)26-13-16/h2-5,10-14H,6-9H2,1H3,(H,25,26)(H,27,32)(H,28,29). The summed E-state index contributed by atoms with van der Waals surface area (Å²) in [5.41, 5.74) is 5.93. The first-order chi connectivity index (χ1) is 15.6. The third-order valence-electron chi connectivity index (χ3n) is 6.23. The molecule has 5 aromatic rings. The van der Waals surface area contributed by atoms with E-state index < -0.39 is 0 Å². The Labute approximate surface area is 183 Å². The zero-order chi connectivity index (χ0) is 21.7. The van der Waals surface area contributed by atoms with Gasteiger partial charge in [0.1, 0.15) is 11.5 Å². The predicted octanol–water partition coefficient (Wildman–Crippen LogP) is 3.21. The van der Waals surface area contributed by atoms with Crippen molar-refractivity contribution in [3.05, 3.63) is 65.3 Å². The minimum atomic E-state index is -0.178. The maximum absolute atomic E-state index is 12.6. The second-order valence-corrected chi connectivity index (χ2v) is 8.35. The maximum atomic E-state index is 12.6. The van der Waals surface area contributed by atoms with Gasteiger partial charge in [0.15, 0.2) is 0 Å². The van der Waals surface area contributed by atoms with Crippen LogP contribution in [-0.2, 0) is 0 Å². The quantitative estimate of drug-likeness (QED) is 0.412. The number of imidazole rings is 1. The number of likely N-dealkylation sites (N-methyl/N-ethyl adjacent to an activating group) is 1. The molecular formula is C24H23N7O. The molecule has 0 saturated carbocycles. The first-order valence-corrected chi connectivity index (χ1v) is 10.7. The lowest BCUT2D eigenvalue weighted by Crippen LogP contribution is -2.44. The molecule has 1 fully saturated rings. The summed E-state index contributed by atoms with van der Waals surface area (Å²) in [6, 6.07) is 12.2. The van der Waals surface area contributed by atoms with Gasteiger partial charge in [-0.05, 0) is 43.4 Å². The molecule has 0 unspecified atom stereocenters. The molecule has 0 atom stereocenters. The lowest BCUT2D eigenvalue weighted by molar-refractivity contribution is 0.313. The molecule has 0 radical (unpaired) electrons. The fourth-order valence-corrected chi connectivity index (χ4v) is 4.31. The lowest BCUT2D eigenvalue weighted by Gasteiger charge is -2.34. The Hall–Kier alpha value is -3.91. The second kappa shape index (κ2) is 7.35. The molecule has 8 heteroatoms. The van der Waals surface area contributed by atoms with E-state index in [4.69, 9.17) is 4.98 Å². The molecule has 1 aliphatic rings. The van der Waals surface area contributed by atoms with E-state index in [1.165, 1.54) is 5.69 Å². The van der Waals surface area contributed by atoms with Crippen LogP contribution < -0.4 is 10.5 Å². The van der Waals surface area contributed by atoms with Gasteiger partial charge in [-0.2, -0.15) is 0 Å². The van der Waals surface area contributed by atoms with Gasteiger partial charge in [-0.3, -0.25) is 4.79 Å². The Kier molecular flexibility index (Phi) is 4.32. The van der Waals surface area contributed by atoms with Gasteiger partial charge in [-0.15, -0.1) is 0 Å². The SMILES string of the molecule is CN1CCN(c2ccc3nc(-c4cc(-c5cnc6[nH]ccc6c5)c[nH]c4=O)[nH]c3c2)CC1. The summed E-state index contributed by atoms with van der Waals surface area (Å²) in [6.07, 6.45) is 5.39. The topological polar surface area (TPSA) is 96.7 Å². The molecule has 1 saturated heterocycles. The number of nitrogens with one attached hydrogen (secondary N) is 3. The van der Waals surface area contributed by atoms with Gasteiger partial charge in [-0.25, -0.2) is 9.97 Å². The molecule has 1 aromatic carbocycles. The molecule has 3 N–H and O–H groups in total. The Bertz CT molecular complexity index is 1490. The number of fused-ring (bicyclic) bond motifs is 2. The van der Waals surface area contributed by atoms with Crippen molar-refractivity contribution in [3.8, 4) is 22.5 Å². The van der Waals surface area contributed by atoms with Gasteiger partial charge < -0.3 is 24.8 Å². The zero-order valence-electron chi connectivity index (χ0n) is 17.7. The Balaban J connectivity index is 1.37. The summed E-state index contributed by atoms with van der Waals surface area (Å²) in [4.78, 5) is 35.8. The molecule has 0 spiro atoms. The number of benzene rings is 1. The van der Waals surface area contributed by atoms with Crippen molar-refractivity contribution in [2.75, 3.05) is 38.1 Å². The summed E-state index contributed by atoms with van der Waals surface area (Å²) in [6.45, 7) is 4.12. The summed E-state index contributed by atoms with van der Waals surface area (Å²) < 4.78 is 0. The molecule has 4 aromatic heterocycles. The normalized spacial score (nSPS) is 15.1. The van der Waals surface area contributed by atoms with Gasteiger partial charge in [0.2, 0.25) is 0 Å². The summed E-state index contributed by atoms with van der Waals surface area (Å²) in [5.74, 6) is 0.564. The highest BCUT2D eigenvalue weighted by Crippen LogP contribution is 2.27. The molecular weight excluding hydrogens is 402 g/mol. The van der Waals surface area contributed by atoms with Crippen LogP contribution in [0, 0.1) is 0 Å². The van der Waals surface area contributed by atoms with Crippen molar-refractivity contribution in [1.29, 1.82) is 0 Å². The number of hydrogen-bond acceptors (Lipinski definition) is 5. The van der Waals surface area contributed by atoms with Gasteiger partial charge in [-0.1, -0.05) is 0 Å². The van der Waals surface area contributed by atoms with Crippen LogP contribution in [0.25, 0.3) is 44.6 Å². The molecule has 5 heterocycles. The van der Waals surface area contributed by atoms with Crippen molar-refractivity contribution in [2.45, 2.75) is 0 Å². The fourth-order valence-electron chi connectivity index (χ4n) is 4.31. The van der Waals surface area contributed by atoms with Gasteiger partial charge >= 0.3 is 0 Å². The number of piperazine rings is 1. The first-order valence-electron chi connectivity index (χ1n) is 10.7. The van der Waals surface area contributed by atoms with Crippen LogP contribution in [0.3, 0.4) is 0 Å². The lowest BCUT2D eigenvalue weighted by atomic mass is 10.1. The van der Waals surface area contributed by atoms with Gasteiger partial charge in [0.25, 0.3) is 5.56 Å². The zero-order valence-corrected chi connectivity index (χ0v) is 17.7. The molecule has 8 nitrogen and oxygen atoms in total. The van der Waals surface area contributed by atoms with Crippen molar-refractivity contribution in [1.82, 2.24) is 29.8 Å². The van der Waals surface area contributed by atoms with Crippen LogP contribution in [0.4, 0.5) is 5.69 Å². The third-order valence-corrected chi connectivity index (χ3v) is 6.23. The number of H-pyrrole nitrogens is 3. The largest absolute Gasteiger partial charge is 0.369 e. The number of nitrogens with zero attached hydrogens (tertiary/aromatic N) is 4. The number of aromatic nitrogens is 5. The van der Waals surface area contributed by atoms with Crippen LogP contribution >= 0.6 is 0 Å². The van der Waals surface area contributed by atoms with E-state index >= 15 is 0 Å². The predicted molar refractivity (Wildman–Crippen MR) is 127 cm³/mol. The Morgan fingerprint density at radius 3 is 2.72 bits per heavy atom. The highest BCUT2D eigenvalue weighted by molar-refractivity contribution is 5.84. The van der Waals surface area contributed by atoms with Crippen molar-refractivity contribution < 1.29 is 0 Å². The highest BCUT2D eigenvalue weighted by atomic mass is 16.1. The number of pyridine rings is 2. The van der Waals surface area contributed by atoms with E-state index in [0.717, 1.165) is 59.4 Å². The van der Waals surface area contributed by atoms with E-state index in [1.54, 1.807) is 12.4 Å². The highest BCUT2D eigenvalue weighted by Gasteiger charge is 2.16. The van der Waals surface area contributed by atoms with E-state index in [2.05, 4.69) is 55.0 Å². The minimum absolute atomic E-state index is 0.178. The molecule has 32 heavy (non-hydrogen) atoms. The van der Waals surface area contributed by atoms with Crippen molar-refractivity contribution in [2.24, 2.45) is 0 Å². The number of aromatic amines is 3. The third kappa shape index (κ3) is 3.25. The Morgan fingerprint density at radius 2 is 1.84 bits per heavy atom. The van der Waals surface area contributed by atoms with Crippen molar-refractivity contribution >= 4 is 27.8 Å². The van der Waals surface area contributed by atoms with Crippen LogP contribution in [-0.4, -0.2) is 63.0 Å². The monoisotopic (exact) mass is 425 g/mol. The average molecular weight is 425 g/mol. The summed E-state index contributed by atoms with van der Waals surface area (Å²) >= 11 is 0. The molecule has 6 rings (SSSR count). The number of hydrogen-bond donors (Lipinski definition) is 3. The molecule has 160 valence electrons. The maximum Gasteiger partial charge on any atom is 0.259 e. The summed E-state index contributed by atoms with van der Waals surface area (Å²) in [7, 11) is 2.15. The van der Waals surface area contributed by atoms with E-state index in [-0.39, 0.29) is 5.56 Å².